The second-order valence-corrected chi connectivity index (χ2v) is 8.88. The van der Waals surface area contributed by atoms with Gasteiger partial charge in [0.2, 0.25) is 0 Å². The Balaban J connectivity index is 3.35. The molecule has 0 aliphatic heterocycles. The molecule has 0 aromatic heterocycles. The highest BCUT2D eigenvalue weighted by atomic mass is 79.9. The van der Waals surface area contributed by atoms with Gasteiger partial charge >= 0.3 is 5.97 Å². The van der Waals surface area contributed by atoms with Gasteiger partial charge in [0.1, 0.15) is 0 Å². The van der Waals surface area contributed by atoms with E-state index in [1.165, 1.54) is 43.0 Å². The van der Waals surface area contributed by atoms with Crippen molar-refractivity contribution in [3.05, 3.63) is 20.0 Å². The predicted octanol–water partition coefficient (Wildman–Crippen LogP) is 7.27. The molecule has 0 atom stereocenters. The Bertz CT molecular complexity index is 334. The van der Waals surface area contributed by atoms with Gasteiger partial charge in [0, 0.05) is 6.42 Å². The molecule has 0 heterocycles. The summed E-state index contributed by atoms with van der Waals surface area (Å²) in [6.45, 7) is 0. The number of rotatable bonds is 13. The Morgan fingerprint density at radius 3 is 1.95 bits per heavy atom. The highest BCUT2D eigenvalue weighted by Crippen LogP contribution is 2.19. The standard InChI is InChI=1S/C16H25Br3O2/c17-14(11-8-9-13-16(20)21)10-6-4-2-1-3-5-7-12-15(18)19/h11-12H,1-10,13H2,(H,20,21). The van der Waals surface area contributed by atoms with E-state index in [4.69, 9.17) is 5.11 Å². The van der Waals surface area contributed by atoms with Crippen molar-refractivity contribution in [2.24, 2.45) is 0 Å². The van der Waals surface area contributed by atoms with Crippen LogP contribution in [0.1, 0.15) is 70.6 Å². The van der Waals surface area contributed by atoms with Gasteiger partial charge in [-0.1, -0.05) is 53.8 Å². The van der Waals surface area contributed by atoms with E-state index in [2.05, 4.69) is 59.9 Å². The molecule has 0 bridgehead atoms. The summed E-state index contributed by atoms with van der Waals surface area (Å²) in [4.78, 5) is 10.4. The average Bonchev–Trinajstić information content (AvgIpc) is 2.41. The molecular formula is C16H25Br3O2. The van der Waals surface area contributed by atoms with Crippen LogP contribution in [-0.2, 0) is 4.79 Å². The highest BCUT2D eigenvalue weighted by Gasteiger charge is 1.97. The van der Waals surface area contributed by atoms with Gasteiger partial charge in [-0.05, 0) is 74.9 Å². The number of unbranched alkanes of at least 4 members (excludes halogenated alkanes) is 7. The zero-order chi connectivity index (χ0) is 15.9. The molecule has 5 heteroatoms. The summed E-state index contributed by atoms with van der Waals surface area (Å²) < 4.78 is 2.27. The first-order chi connectivity index (χ1) is 10.0. The maximum atomic E-state index is 10.4. The maximum absolute atomic E-state index is 10.4. The Labute approximate surface area is 153 Å². The number of carbonyl (C=O) groups is 1. The van der Waals surface area contributed by atoms with Crippen LogP contribution >= 0.6 is 47.8 Å². The summed E-state index contributed by atoms with van der Waals surface area (Å²) in [6.07, 6.45) is 16.0. The lowest BCUT2D eigenvalue weighted by Gasteiger charge is -2.02. The summed E-state index contributed by atoms with van der Waals surface area (Å²) in [5.74, 6) is -0.710. The number of allylic oxidation sites excluding steroid dienone is 3. The number of hydrogen-bond donors (Lipinski definition) is 1. The van der Waals surface area contributed by atoms with E-state index >= 15 is 0 Å². The molecule has 1 N–H and O–H groups in total. The van der Waals surface area contributed by atoms with E-state index in [-0.39, 0.29) is 6.42 Å². The number of halogens is 3. The van der Waals surface area contributed by atoms with Crippen LogP contribution in [0, 0.1) is 0 Å². The molecule has 0 radical (unpaired) electrons. The number of carboxylic acid groups (broad SMARTS) is 1. The first-order valence-corrected chi connectivity index (χ1v) is 9.97. The van der Waals surface area contributed by atoms with Crippen LogP contribution < -0.4 is 0 Å². The number of hydrogen-bond acceptors (Lipinski definition) is 1. The van der Waals surface area contributed by atoms with Crippen molar-refractivity contribution in [1.29, 1.82) is 0 Å². The summed E-state index contributed by atoms with van der Waals surface area (Å²) in [5, 5.41) is 8.54. The van der Waals surface area contributed by atoms with Crippen LogP contribution in [0.15, 0.2) is 20.0 Å². The van der Waals surface area contributed by atoms with Crippen molar-refractivity contribution in [2.75, 3.05) is 0 Å². The second-order valence-electron chi connectivity index (χ2n) is 5.09. The van der Waals surface area contributed by atoms with E-state index in [0.29, 0.717) is 0 Å². The van der Waals surface area contributed by atoms with Crippen molar-refractivity contribution in [1.82, 2.24) is 0 Å². The van der Waals surface area contributed by atoms with Gasteiger partial charge in [-0.3, -0.25) is 4.79 Å². The third-order valence-electron chi connectivity index (χ3n) is 3.13. The fourth-order valence-electron chi connectivity index (χ4n) is 1.97. The molecule has 0 aliphatic carbocycles. The molecule has 21 heavy (non-hydrogen) atoms. The van der Waals surface area contributed by atoms with Gasteiger partial charge < -0.3 is 5.11 Å². The van der Waals surface area contributed by atoms with Gasteiger partial charge in [-0.2, -0.15) is 0 Å². The average molecular weight is 489 g/mol. The topological polar surface area (TPSA) is 37.3 Å². The SMILES string of the molecule is O=C(O)CCCC=C(Br)CCCCCCCCC=C(Br)Br. The lowest BCUT2D eigenvalue weighted by atomic mass is 10.1. The zero-order valence-electron chi connectivity index (χ0n) is 12.4. The Hall–Kier alpha value is 0.390. The lowest BCUT2D eigenvalue weighted by Crippen LogP contribution is -1.92. The summed E-state index contributed by atoms with van der Waals surface area (Å²) in [6, 6.07) is 0. The fraction of sp³-hybridized carbons (Fsp3) is 0.688. The van der Waals surface area contributed by atoms with Gasteiger partial charge in [0.15, 0.2) is 0 Å². The van der Waals surface area contributed by atoms with E-state index in [9.17, 15) is 4.79 Å². The molecule has 122 valence electrons. The highest BCUT2D eigenvalue weighted by molar-refractivity contribution is 9.28. The molecule has 0 saturated heterocycles. The van der Waals surface area contributed by atoms with Crippen LogP contribution in [0.2, 0.25) is 0 Å². The molecule has 0 aromatic rings. The summed E-state index contributed by atoms with van der Waals surface area (Å²) in [7, 11) is 0. The molecule has 0 saturated carbocycles. The van der Waals surface area contributed by atoms with Crippen LogP contribution in [0.5, 0.6) is 0 Å². The van der Waals surface area contributed by atoms with Crippen LogP contribution in [0.25, 0.3) is 0 Å². The van der Waals surface area contributed by atoms with E-state index in [1.54, 1.807) is 0 Å². The molecular weight excluding hydrogens is 464 g/mol. The van der Waals surface area contributed by atoms with E-state index < -0.39 is 5.97 Å². The second kappa shape index (κ2) is 15.3. The quantitative estimate of drug-likeness (QED) is 0.277. The minimum Gasteiger partial charge on any atom is -0.481 e. The van der Waals surface area contributed by atoms with Gasteiger partial charge in [0.25, 0.3) is 0 Å². The fourth-order valence-corrected chi connectivity index (χ4v) is 2.94. The van der Waals surface area contributed by atoms with Crippen molar-refractivity contribution in [2.45, 2.75) is 70.6 Å². The van der Waals surface area contributed by atoms with E-state index in [1.807, 2.05) is 0 Å². The zero-order valence-corrected chi connectivity index (χ0v) is 17.2. The Morgan fingerprint density at radius 2 is 1.33 bits per heavy atom. The molecule has 0 spiro atoms. The van der Waals surface area contributed by atoms with Gasteiger partial charge in [-0.25, -0.2) is 0 Å². The van der Waals surface area contributed by atoms with Crippen molar-refractivity contribution in [3.8, 4) is 0 Å². The van der Waals surface area contributed by atoms with Crippen molar-refractivity contribution < 1.29 is 9.90 Å². The van der Waals surface area contributed by atoms with Crippen molar-refractivity contribution in [3.63, 3.8) is 0 Å². The normalized spacial score (nSPS) is 11.5. The summed E-state index contributed by atoms with van der Waals surface area (Å²) in [5.41, 5.74) is 0. The minimum absolute atomic E-state index is 0.262. The molecule has 2 nitrogen and oxygen atoms in total. The smallest absolute Gasteiger partial charge is 0.303 e. The Kier molecular flexibility index (Phi) is 15.6. The molecule has 0 rings (SSSR count). The van der Waals surface area contributed by atoms with Gasteiger partial charge in [-0.15, -0.1) is 0 Å². The van der Waals surface area contributed by atoms with Gasteiger partial charge in [0.05, 0.1) is 3.39 Å². The molecule has 0 amide bonds. The minimum atomic E-state index is -0.710. The van der Waals surface area contributed by atoms with E-state index in [0.717, 1.165) is 29.1 Å². The lowest BCUT2D eigenvalue weighted by molar-refractivity contribution is -0.137. The van der Waals surface area contributed by atoms with Crippen LogP contribution in [-0.4, -0.2) is 11.1 Å². The largest absolute Gasteiger partial charge is 0.481 e. The summed E-state index contributed by atoms with van der Waals surface area (Å²) >= 11 is 10.3. The first kappa shape index (κ1) is 21.4. The predicted molar refractivity (Wildman–Crippen MR) is 101 cm³/mol. The third-order valence-corrected chi connectivity index (χ3v) is 4.50. The first-order valence-electron chi connectivity index (χ1n) is 7.60. The Morgan fingerprint density at radius 1 is 0.762 bits per heavy atom. The number of carboxylic acids is 1. The third kappa shape index (κ3) is 18.3. The molecule has 0 unspecified atom stereocenters. The molecule has 0 fully saturated rings. The van der Waals surface area contributed by atoms with Crippen LogP contribution in [0.3, 0.4) is 0 Å². The molecule has 0 aliphatic rings. The van der Waals surface area contributed by atoms with Crippen LogP contribution in [0.4, 0.5) is 0 Å². The monoisotopic (exact) mass is 486 g/mol. The molecule has 0 aromatic carbocycles. The maximum Gasteiger partial charge on any atom is 0.303 e. The van der Waals surface area contributed by atoms with Crippen molar-refractivity contribution >= 4 is 53.8 Å². The number of aliphatic carboxylic acids is 1.